The highest BCUT2D eigenvalue weighted by molar-refractivity contribution is 5.72. The molecule has 8 heteroatoms. The van der Waals surface area contributed by atoms with Crippen LogP contribution in [0, 0.1) is 0 Å². The number of aliphatic carboxylic acids is 1. The number of rotatable bonds is 32. The Morgan fingerprint density at radius 2 is 1.15 bits per heavy atom. The predicted octanol–water partition coefficient (Wildman–Crippen LogP) is 9.13. The van der Waals surface area contributed by atoms with Crippen LogP contribution in [0.25, 0.3) is 0 Å². The number of allylic oxidation sites excluding steroid dienone is 6. The number of carbonyl (C=O) groups is 3. The molecule has 272 valence electrons. The maximum Gasteiger partial charge on any atom is 0.362 e. The van der Waals surface area contributed by atoms with Crippen molar-refractivity contribution in [3.8, 4) is 0 Å². The number of hydrogen-bond donors (Lipinski definition) is 1. The van der Waals surface area contributed by atoms with Crippen molar-refractivity contribution in [2.75, 3.05) is 41.0 Å². The smallest absolute Gasteiger partial charge is 0.362 e. The van der Waals surface area contributed by atoms with E-state index in [9.17, 15) is 19.5 Å². The minimum Gasteiger partial charge on any atom is -0.477 e. The molecule has 0 aromatic heterocycles. The fourth-order valence-electron chi connectivity index (χ4n) is 5.06. The van der Waals surface area contributed by atoms with Crippen LogP contribution >= 0.6 is 0 Å². The van der Waals surface area contributed by atoms with Crippen LogP contribution in [-0.2, 0) is 28.6 Å². The molecule has 47 heavy (non-hydrogen) atoms. The van der Waals surface area contributed by atoms with Gasteiger partial charge in [-0.05, 0) is 57.8 Å². The number of esters is 2. The molecule has 0 aromatic carbocycles. The van der Waals surface area contributed by atoms with Gasteiger partial charge in [-0.15, -0.1) is 0 Å². The normalized spacial score (nSPS) is 13.5. The van der Waals surface area contributed by atoms with Crippen molar-refractivity contribution in [3.63, 3.8) is 0 Å². The Kier molecular flexibility index (Phi) is 29.2. The Morgan fingerprint density at radius 1 is 0.638 bits per heavy atom. The van der Waals surface area contributed by atoms with E-state index in [1.54, 1.807) is 0 Å². The molecule has 0 aliphatic carbocycles. The second-order valence-corrected chi connectivity index (χ2v) is 13.5. The average molecular weight is 665 g/mol. The number of carboxylic acid groups (broad SMARTS) is 1. The summed E-state index contributed by atoms with van der Waals surface area (Å²) in [5.74, 6) is -1.52. The molecule has 0 radical (unpaired) electrons. The van der Waals surface area contributed by atoms with Gasteiger partial charge in [-0.3, -0.25) is 9.59 Å². The summed E-state index contributed by atoms with van der Waals surface area (Å²) in [5, 5.41) is 9.56. The van der Waals surface area contributed by atoms with E-state index in [1.165, 1.54) is 44.9 Å². The molecule has 0 bridgehead atoms. The van der Waals surface area contributed by atoms with E-state index in [1.807, 2.05) is 21.1 Å². The first kappa shape index (κ1) is 44.5. The average Bonchev–Trinajstić information content (AvgIpc) is 3.01. The molecule has 0 aliphatic rings. The molecule has 0 spiro atoms. The lowest BCUT2D eigenvalue weighted by atomic mass is 10.1. The van der Waals surface area contributed by atoms with E-state index < -0.39 is 18.1 Å². The first-order chi connectivity index (χ1) is 22.6. The lowest BCUT2D eigenvalue weighted by molar-refractivity contribution is -0.887. The molecule has 2 unspecified atom stereocenters. The third kappa shape index (κ3) is 29.4. The molecule has 8 nitrogen and oxygen atoms in total. The Bertz CT molecular complexity index is 875. The maximum absolute atomic E-state index is 12.6. The Morgan fingerprint density at radius 3 is 1.74 bits per heavy atom. The highest BCUT2D eigenvalue weighted by atomic mass is 16.6. The molecule has 0 aromatic rings. The second kappa shape index (κ2) is 30.9. The van der Waals surface area contributed by atoms with E-state index in [0.717, 1.165) is 64.2 Å². The number of carbonyl (C=O) groups excluding carboxylic acids is 2. The van der Waals surface area contributed by atoms with Gasteiger partial charge in [-0.25, -0.2) is 4.79 Å². The lowest BCUT2D eigenvalue weighted by Crippen LogP contribution is -2.50. The van der Waals surface area contributed by atoms with Crippen LogP contribution in [0.4, 0.5) is 0 Å². The summed E-state index contributed by atoms with van der Waals surface area (Å²) in [6.07, 6.45) is 31.9. The summed E-state index contributed by atoms with van der Waals surface area (Å²) in [5.41, 5.74) is 0. The van der Waals surface area contributed by atoms with Crippen molar-refractivity contribution in [1.29, 1.82) is 0 Å². The quantitative estimate of drug-likeness (QED) is 0.0252. The summed E-state index contributed by atoms with van der Waals surface area (Å²) in [6.45, 7) is 4.59. The molecule has 0 saturated carbocycles. The van der Waals surface area contributed by atoms with Crippen molar-refractivity contribution >= 4 is 17.9 Å². The zero-order valence-electron chi connectivity index (χ0n) is 30.7. The number of hydrogen-bond acceptors (Lipinski definition) is 6. The molecule has 2 atom stereocenters. The van der Waals surface area contributed by atoms with E-state index in [2.05, 4.69) is 50.3 Å². The zero-order valence-corrected chi connectivity index (χ0v) is 30.7. The second-order valence-electron chi connectivity index (χ2n) is 13.5. The molecule has 0 aliphatic heterocycles. The molecule has 0 heterocycles. The van der Waals surface area contributed by atoms with Gasteiger partial charge >= 0.3 is 17.9 Å². The van der Waals surface area contributed by atoms with Gasteiger partial charge in [-0.1, -0.05) is 102 Å². The fourth-order valence-corrected chi connectivity index (χ4v) is 5.06. The van der Waals surface area contributed by atoms with Gasteiger partial charge in [0.15, 0.2) is 12.1 Å². The number of likely N-dealkylation sites (N-methyl/N-ethyl adjacent to an activating group) is 1. The van der Waals surface area contributed by atoms with Gasteiger partial charge in [0.05, 0.1) is 34.4 Å². The molecular weight excluding hydrogens is 594 g/mol. The monoisotopic (exact) mass is 665 g/mol. The van der Waals surface area contributed by atoms with Gasteiger partial charge in [-0.2, -0.15) is 0 Å². The van der Waals surface area contributed by atoms with E-state index in [4.69, 9.17) is 14.2 Å². The van der Waals surface area contributed by atoms with Crippen LogP contribution in [0.5, 0.6) is 0 Å². The SMILES string of the molecule is CCCC/C=C/C=C/CCCCCC(=O)OC(COCCC(C(=O)O)[N+](C)(C)C)COC(=O)CCCCCCC/C=C/CCCCC. The standard InChI is InChI=1S/C39H69NO7/c1-6-8-10-12-14-16-18-20-21-23-25-27-29-37(41)46-34-35(33-45-32-31-36(39(43)44)40(3,4)5)47-38(42)30-28-26-24-22-19-17-15-13-11-9-7-2/h13-17,19,35-36H,6-12,18,20-34H2,1-5H3/p+1/b15-13+,16-14+,19-17+. The van der Waals surface area contributed by atoms with Crippen LogP contribution in [0.2, 0.25) is 0 Å². The minimum atomic E-state index is -0.883. The molecule has 0 saturated heterocycles. The third-order valence-corrected chi connectivity index (χ3v) is 8.04. The van der Waals surface area contributed by atoms with Gasteiger partial charge in [0.1, 0.15) is 6.61 Å². The van der Waals surface area contributed by atoms with Gasteiger partial charge < -0.3 is 23.8 Å². The van der Waals surface area contributed by atoms with E-state index in [0.29, 0.717) is 19.3 Å². The van der Waals surface area contributed by atoms with Crippen molar-refractivity contribution < 1.29 is 38.2 Å². The van der Waals surface area contributed by atoms with Gasteiger partial charge in [0, 0.05) is 19.3 Å². The van der Waals surface area contributed by atoms with Crippen LogP contribution < -0.4 is 0 Å². The molecule has 0 rings (SSSR count). The summed E-state index contributed by atoms with van der Waals surface area (Å²) in [7, 11) is 5.50. The van der Waals surface area contributed by atoms with Crippen molar-refractivity contribution in [1.82, 2.24) is 0 Å². The number of unbranched alkanes of at least 4 members (excludes halogenated alkanes) is 13. The predicted molar refractivity (Wildman–Crippen MR) is 192 cm³/mol. The number of quaternary nitrogens is 1. The van der Waals surface area contributed by atoms with Crippen molar-refractivity contribution in [2.24, 2.45) is 0 Å². The van der Waals surface area contributed by atoms with Gasteiger partial charge in [0.2, 0.25) is 0 Å². The van der Waals surface area contributed by atoms with E-state index >= 15 is 0 Å². The van der Waals surface area contributed by atoms with Crippen LogP contribution in [0.1, 0.15) is 142 Å². The molecular formula is C39H70NO7+. The van der Waals surface area contributed by atoms with Crippen LogP contribution in [-0.4, -0.2) is 80.6 Å². The first-order valence-corrected chi connectivity index (χ1v) is 18.5. The number of carboxylic acids is 1. The van der Waals surface area contributed by atoms with Gasteiger partial charge in [0.25, 0.3) is 0 Å². The van der Waals surface area contributed by atoms with E-state index in [-0.39, 0.29) is 36.2 Å². The summed E-state index contributed by atoms with van der Waals surface area (Å²) in [4.78, 5) is 36.7. The molecule has 1 N–H and O–H groups in total. The topological polar surface area (TPSA) is 99.1 Å². The third-order valence-electron chi connectivity index (χ3n) is 8.04. The van der Waals surface area contributed by atoms with Crippen LogP contribution in [0.15, 0.2) is 36.5 Å². The molecule has 0 fully saturated rings. The Labute approximate surface area is 287 Å². The first-order valence-electron chi connectivity index (χ1n) is 18.5. The summed E-state index contributed by atoms with van der Waals surface area (Å²) in [6, 6.07) is -0.618. The van der Waals surface area contributed by atoms with Crippen molar-refractivity contribution in [2.45, 2.75) is 154 Å². The Balaban J connectivity index is 4.50. The highest BCUT2D eigenvalue weighted by Gasteiger charge is 2.31. The molecule has 0 amide bonds. The fraction of sp³-hybridized carbons (Fsp3) is 0.769. The maximum atomic E-state index is 12.6. The summed E-state index contributed by atoms with van der Waals surface area (Å²) >= 11 is 0. The largest absolute Gasteiger partial charge is 0.477 e. The number of ether oxygens (including phenoxy) is 3. The minimum absolute atomic E-state index is 0.0477. The lowest BCUT2D eigenvalue weighted by Gasteiger charge is -2.31. The summed E-state index contributed by atoms with van der Waals surface area (Å²) < 4.78 is 17.1. The van der Waals surface area contributed by atoms with Crippen molar-refractivity contribution in [3.05, 3.63) is 36.5 Å². The number of nitrogens with zero attached hydrogens (tertiary/aromatic N) is 1. The highest BCUT2D eigenvalue weighted by Crippen LogP contribution is 2.12. The zero-order chi connectivity index (χ0) is 35.0. The Hall–Kier alpha value is -2.45. The van der Waals surface area contributed by atoms with Crippen LogP contribution in [0.3, 0.4) is 0 Å².